The average Bonchev–Trinajstić information content (AvgIpc) is 3.34. The maximum atomic E-state index is 4.35. The van der Waals surface area contributed by atoms with Crippen molar-refractivity contribution in [1.29, 1.82) is 0 Å². The van der Waals surface area contributed by atoms with Gasteiger partial charge >= 0.3 is 0 Å². The number of nitrogens with one attached hydrogen (secondary N) is 2. The van der Waals surface area contributed by atoms with Gasteiger partial charge in [-0.15, -0.1) is 35.3 Å². The number of nitrogens with zero attached hydrogens (tertiary/aromatic N) is 2. The highest BCUT2D eigenvalue weighted by Gasteiger charge is 2.24. The Morgan fingerprint density at radius 2 is 2.08 bits per heavy atom. The van der Waals surface area contributed by atoms with Gasteiger partial charge < -0.3 is 10.6 Å². The number of rotatable bonds is 6. The lowest BCUT2D eigenvalue weighted by Gasteiger charge is -2.27. The first-order valence-electron chi connectivity index (χ1n) is 8.10. The topological polar surface area (TPSA) is 39.7 Å². The minimum absolute atomic E-state index is 0. The number of hydrogen-bond donors (Lipinski definition) is 2. The average molecular weight is 476 g/mol. The molecule has 3 rings (SSSR count). The zero-order valence-corrected chi connectivity index (χ0v) is 17.9. The molecule has 4 nitrogen and oxygen atoms in total. The fourth-order valence-corrected chi connectivity index (χ4v) is 4.47. The van der Waals surface area contributed by atoms with Crippen molar-refractivity contribution in [2.45, 2.75) is 25.4 Å². The predicted molar refractivity (Wildman–Crippen MR) is 116 cm³/mol. The first kappa shape index (κ1) is 19.7. The van der Waals surface area contributed by atoms with Crippen LogP contribution in [0.2, 0.25) is 0 Å². The second-order valence-corrected chi connectivity index (χ2v) is 7.47. The van der Waals surface area contributed by atoms with Crippen molar-refractivity contribution in [3.05, 3.63) is 44.8 Å². The smallest absolute Gasteiger partial charge is 0.191 e. The summed E-state index contributed by atoms with van der Waals surface area (Å²) in [6.45, 7) is 4.11. The van der Waals surface area contributed by atoms with Crippen LogP contribution in [0, 0.1) is 0 Å². The monoisotopic (exact) mass is 476 g/mol. The maximum absolute atomic E-state index is 4.35. The molecular formula is C17H25IN4S2. The molecule has 132 valence electrons. The molecule has 2 aromatic heterocycles. The van der Waals surface area contributed by atoms with Gasteiger partial charge in [0.25, 0.3) is 0 Å². The van der Waals surface area contributed by atoms with Crippen molar-refractivity contribution < 1.29 is 0 Å². The third-order valence-electron chi connectivity index (χ3n) is 4.18. The molecule has 24 heavy (non-hydrogen) atoms. The van der Waals surface area contributed by atoms with Crippen LogP contribution in [-0.2, 0) is 6.54 Å². The molecule has 2 N–H and O–H groups in total. The van der Waals surface area contributed by atoms with Crippen LogP contribution >= 0.6 is 46.7 Å². The zero-order chi connectivity index (χ0) is 15.9. The van der Waals surface area contributed by atoms with Crippen LogP contribution in [0.1, 0.15) is 29.3 Å². The number of hydrogen-bond acceptors (Lipinski definition) is 4. The molecular weight excluding hydrogens is 451 g/mol. The summed E-state index contributed by atoms with van der Waals surface area (Å²) >= 11 is 3.57. The molecule has 1 unspecified atom stereocenters. The summed E-state index contributed by atoms with van der Waals surface area (Å²) in [7, 11) is 1.83. The third-order valence-corrected chi connectivity index (χ3v) is 5.89. The summed E-state index contributed by atoms with van der Waals surface area (Å²) < 4.78 is 0. The quantitative estimate of drug-likeness (QED) is 0.377. The zero-order valence-electron chi connectivity index (χ0n) is 13.9. The number of aliphatic imine (C=N–C) groups is 1. The lowest BCUT2D eigenvalue weighted by molar-refractivity contribution is 0.249. The Kier molecular flexibility index (Phi) is 8.51. The van der Waals surface area contributed by atoms with Gasteiger partial charge in [0.15, 0.2) is 5.96 Å². The van der Waals surface area contributed by atoms with E-state index in [4.69, 9.17) is 0 Å². The molecule has 1 atom stereocenters. The molecule has 0 aromatic carbocycles. The second-order valence-electron chi connectivity index (χ2n) is 5.71. The molecule has 0 saturated carbocycles. The SMILES string of the molecule is CN=C(NCc1ccsc1)NCC(c1cccs1)N1CCCC1.I. The number of thiophene rings is 2. The lowest BCUT2D eigenvalue weighted by Crippen LogP contribution is -2.42. The van der Waals surface area contributed by atoms with Gasteiger partial charge in [-0.3, -0.25) is 9.89 Å². The highest BCUT2D eigenvalue weighted by atomic mass is 127. The first-order valence-corrected chi connectivity index (χ1v) is 9.92. The van der Waals surface area contributed by atoms with Crippen molar-refractivity contribution in [3.8, 4) is 0 Å². The van der Waals surface area contributed by atoms with Crippen molar-refractivity contribution in [2.24, 2.45) is 4.99 Å². The fraction of sp³-hybridized carbons (Fsp3) is 0.471. The standard InChI is InChI=1S/C17H24N4S2.HI/c1-18-17(19-11-14-6-10-22-13-14)20-12-15(16-5-4-9-23-16)21-7-2-3-8-21;/h4-6,9-10,13,15H,2-3,7-8,11-12H2,1H3,(H2,18,19,20);1H. The Morgan fingerprint density at radius 3 is 2.71 bits per heavy atom. The van der Waals surface area contributed by atoms with Gasteiger partial charge in [-0.2, -0.15) is 11.3 Å². The van der Waals surface area contributed by atoms with Crippen LogP contribution < -0.4 is 10.6 Å². The van der Waals surface area contributed by atoms with Gasteiger partial charge in [0.05, 0.1) is 6.04 Å². The summed E-state index contributed by atoms with van der Waals surface area (Å²) in [6, 6.07) is 6.98. The highest BCUT2D eigenvalue weighted by molar-refractivity contribution is 14.0. The molecule has 1 fully saturated rings. The van der Waals surface area contributed by atoms with E-state index in [0.29, 0.717) is 6.04 Å². The third kappa shape index (κ3) is 5.44. The van der Waals surface area contributed by atoms with Crippen LogP contribution in [-0.4, -0.2) is 37.5 Å². The number of halogens is 1. The van der Waals surface area contributed by atoms with Crippen molar-refractivity contribution >= 4 is 52.6 Å². The molecule has 1 aliphatic rings. The fourth-order valence-electron chi connectivity index (χ4n) is 2.94. The molecule has 3 heterocycles. The van der Waals surface area contributed by atoms with Crippen LogP contribution in [0.5, 0.6) is 0 Å². The Hall–Kier alpha value is -0.640. The number of guanidine groups is 1. The van der Waals surface area contributed by atoms with Gasteiger partial charge in [0.1, 0.15) is 0 Å². The molecule has 1 aliphatic heterocycles. The van der Waals surface area contributed by atoms with Gasteiger partial charge in [-0.25, -0.2) is 0 Å². The number of likely N-dealkylation sites (tertiary alicyclic amines) is 1. The normalized spacial score (nSPS) is 16.6. The molecule has 7 heteroatoms. The molecule has 0 aliphatic carbocycles. The second kappa shape index (κ2) is 10.4. The van der Waals surface area contributed by atoms with Crippen molar-refractivity contribution in [2.75, 3.05) is 26.7 Å². The molecule has 0 radical (unpaired) electrons. The summed E-state index contributed by atoms with van der Waals surface area (Å²) in [5.74, 6) is 0.872. The van der Waals surface area contributed by atoms with E-state index in [9.17, 15) is 0 Å². The molecule has 0 spiro atoms. The van der Waals surface area contributed by atoms with Crippen LogP contribution in [0.15, 0.2) is 39.3 Å². The predicted octanol–water partition coefficient (Wildman–Crippen LogP) is 3.93. The van der Waals surface area contributed by atoms with E-state index >= 15 is 0 Å². The minimum atomic E-state index is 0. The van der Waals surface area contributed by atoms with E-state index in [0.717, 1.165) is 19.0 Å². The van der Waals surface area contributed by atoms with E-state index in [1.807, 2.05) is 18.4 Å². The first-order chi connectivity index (χ1) is 11.4. The Labute approximate surface area is 169 Å². The van der Waals surface area contributed by atoms with Crippen molar-refractivity contribution in [3.63, 3.8) is 0 Å². The van der Waals surface area contributed by atoms with Crippen LogP contribution in [0.4, 0.5) is 0 Å². The summed E-state index contributed by atoms with van der Waals surface area (Å²) in [4.78, 5) is 8.38. The van der Waals surface area contributed by atoms with Crippen LogP contribution in [0.25, 0.3) is 0 Å². The largest absolute Gasteiger partial charge is 0.354 e. The van der Waals surface area contributed by atoms with E-state index in [1.165, 1.54) is 36.4 Å². The maximum Gasteiger partial charge on any atom is 0.191 e. The molecule has 0 bridgehead atoms. The summed E-state index contributed by atoms with van der Waals surface area (Å²) in [5.41, 5.74) is 1.30. The summed E-state index contributed by atoms with van der Waals surface area (Å²) in [6.07, 6.45) is 2.63. The minimum Gasteiger partial charge on any atom is -0.354 e. The molecule has 0 amide bonds. The van der Waals surface area contributed by atoms with Crippen molar-refractivity contribution in [1.82, 2.24) is 15.5 Å². The van der Waals surface area contributed by atoms with Gasteiger partial charge in [0, 0.05) is 25.0 Å². The Bertz CT molecular complexity index is 592. The van der Waals surface area contributed by atoms with E-state index in [2.05, 4.69) is 54.9 Å². The van der Waals surface area contributed by atoms with E-state index in [-0.39, 0.29) is 24.0 Å². The van der Waals surface area contributed by atoms with E-state index < -0.39 is 0 Å². The molecule has 1 saturated heterocycles. The molecule has 2 aromatic rings. The Morgan fingerprint density at radius 1 is 1.25 bits per heavy atom. The van der Waals surface area contributed by atoms with E-state index in [1.54, 1.807) is 11.3 Å². The summed E-state index contributed by atoms with van der Waals surface area (Å²) in [5, 5.41) is 13.3. The Balaban J connectivity index is 0.00000208. The van der Waals surface area contributed by atoms with Gasteiger partial charge in [0.2, 0.25) is 0 Å². The van der Waals surface area contributed by atoms with Crippen LogP contribution in [0.3, 0.4) is 0 Å². The highest BCUT2D eigenvalue weighted by Crippen LogP contribution is 2.27. The lowest BCUT2D eigenvalue weighted by atomic mass is 10.2. The van der Waals surface area contributed by atoms with Gasteiger partial charge in [-0.1, -0.05) is 6.07 Å². The van der Waals surface area contributed by atoms with Gasteiger partial charge in [-0.05, 0) is 59.8 Å².